The van der Waals surface area contributed by atoms with Gasteiger partial charge in [0.1, 0.15) is 0 Å². The standard InChI is InChI=1S/C14H28N2O/c1-4-12-10-16(11(2)9-15-12)13-6-5-7-14(8-13)17-3/h11-15H,4-10H2,1-3H3. The number of nitrogens with one attached hydrogen (secondary N) is 1. The van der Waals surface area contributed by atoms with Crippen LogP contribution in [0.4, 0.5) is 0 Å². The molecule has 0 aromatic rings. The highest BCUT2D eigenvalue weighted by Gasteiger charge is 2.32. The van der Waals surface area contributed by atoms with Gasteiger partial charge in [0, 0.05) is 38.3 Å². The largest absolute Gasteiger partial charge is 0.381 e. The van der Waals surface area contributed by atoms with Crippen LogP contribution in [0.1, 0.15) is 46.0 Å². The van der Waals surface area contributed by atoms with Crippen LogP contribution in [0.2, 0.25) is 0 Å². The van der Waals surface area contributed by atoms with Crippen LogP contribution in [0.25, 0.3) is 0 Å². The summed E-state index contributed by atoms with van der Waals surface area (Å²) in [5.41, 5.74) is 0. The number of rotatable bonds is 3. The molecule has 2 fully saturated rings. The Balaban J connectivity index is 1.94. The van der Waals surface area contributed by atoms with E-state index >= 15 is 0 Å². The van der Waals surface area contributed by atoms with Gasteiger partial charge in [-0.2, -0.15) is 0 Å². The molecule has 3 heteroatoms. The third-order valence-electron chi connectivity index (χ3n) is 4.59. The molecule has 1 N–H and O–H groups in total. The van der Waals surface area contributed by atoms with Crippen LogP contribution in [0.3, 0.4) is 0 Å². The van der Waals surface area contributed by atoms with Gasteiger partial charge < -0.3 is 10.1 Å². The average Bonchev–Trinajstić information content (AvgIpc) is 2.39. The van der Waals surface area contributed by atoms with Crippen LogP contribution >= 0.6 is 0 Å². The summed E-state index contributed by atoms with van der Waals surface area (Å²) in [6.07, 6.45) is 6.92. The smallest absolute Gasteiger partial charge is 0.0586 e. The first-order valence-electron chi connectivity index (χ1n) is 7.26. The number of hydrogen-bond donors (Lipinski definition) is 1. The van der Waals surface area contributed by atoms with Gasteiger partial charge in [-0.3, -0.25) is 4.90 Å². The van der Waals surface area contributed by atoms with Gasteiger partial charge in [0.25, 0.3) is 0 Å². The van der Waals surface area contributed by atoms with Gasteiger partial charge in [-0.1, -0.05) is 6.92 Å². The van der Waals surface area contributed by atoms with Crippen LogP contribution in [0.5, 0.6) is 0 Å². The first-order chi connectivity index (χ1) is 8.24. The molecule has 0 aromatic heterocycles. The van der Waals surface area contributed by atoms with Gasteiger partial charge in [-0.15, -0.1) is 0 Å². The molecule has 0 radical (unpaired) electrons. The van der Waals surface area contributed by atoms with Crippen LogP contribution in [-0.4, -0.2) is 49.3 Å². The van der Waals surface area contributed by atoms with Crippen molar-refractivity contribution in [2.45, 2.75) is 70.2 Å². The molecule has 1 saturated heterocycles. The molecular weight excluding hydrogens is 212 g/mol. The first-order valence-corrected chi connectivity index (χ1v) is 7.26. The van der Waals surface area contributed by atoms with E-state index in [-0.39, 0.29) is 0 Å². The van der Waals surface area contributed by atoms with E-state index < -0.39 is 0 Å². The van der Waals surface area contributed by atoms with E-state index in [0.717, 1.165) is 12.6 Å². The summed E-state index contributed by atoms with van der Waals surface area (Å²) in [6.45, 7) is 7.01. The van der Waals surface area contributed by atoms with Gasteiger partial charge in [0.15, 0.2) is 0 Å². The molecule has 1 aliphatic carbocycles. The second-order valence-electron chi connectivity index (χ2n) is 5.74. The molecule has 2 rings (SSSR count). The molecule has 100 valence electrons. The number of ether oxygens (including phenoxy) is 1. The lowest BCUT2D eigenvalue weighted by Gasteiger charge is -2.45. The molecular formula is C14H28N2O. The Morgan fingerprint density at radius 1 is 1.35 bits per heavy atom. The minimum atomic E-state index is 0.496. The predicted octanol–water partition coefficient (Wildman–Crippen LogP) is 2.02. The monoisotopic (exact) mass is 240 g/mol. The predicted molar refractivity (Wildman–Crippen MR) is 71.3 cm³/mol. The van der Waals surface area contributed by atoms with E-state index in [4.69, 9.17) is 4.74 Å². The first kappa shape index (κ1) is 13.3. The SMILES string of the molecule is CCC1CN(C2CCCC(OC)C2)C(C)CN1. The molecule has 4 unspecified atom stereocenters. The van der Waals surface area contributed by atoms with Crippen LogP contribution in [0.15, 0.2) is 0 Å². The Morgan fingerprint density at radius 2 is 2.18 bits per heavy atom. The maximum absolute atomic E-state index is 5.56. The zero-order valence-corrected chi connectivity index (χ0v) is 11.6. The minimum absolute atomic E-state index is 0.496. The van der Waals surface area contributed by atoms with Gasteiger partial charge in [-0.25, -0.2) is 0 Å². The lowest BCUT2D eigenvalue weighted by atomic mass is 9.89. The lowest BCUT2D eigenvalue weighted by molar-refractivity contribution is 0.00338. The van der Waals surface area contributed by atoms with E-state index in [1.165, 1.54) is 38.6 Å². The Labute approximate surface area is 106 Å². The molecule has 1 aliphatic heterocycles. The average molecular weight is 240 g/mol. The zero-order chi connectivity index (χ0) is 12.3. The highest BCUT2D eigenvalue weighted by Crippen LogP contribution is 2.27. The van der Waals surface area contributed by atoms with Crippen molar-refractivity contribution >= 4 is 0 Å². The van der Waals surface area contributed by atoms with Crippen molar-refractivity contribution < 1.29 is 4.74 Å². The quantitative estimate of drug-likeness (QED) is 0.817. The van der Waals surface area contributed by atoms with Crippen LogP contribution in [-0.2, 0) is 4.74 Å². The number of nitrogens with zero attached hydrogens (tertiary/aromatic N) is 1. The van der Waals surface area contributed by atoms with Crippen molar-refractivity contribution in [2.75, 3.05) is 20.2 Å². The second kappa shape index (κ2) is 6.17. The van der Waals surface area contributed by atoms with Crippen molar-refractivity contribution in [2.24, 2.45) is 0 Å². The Morgan fingerprint density at radius 3 is 2.88 bits per heavy atom. The van der Waals surface area contributed by atoms with Gasteiger partial charge >= 0.3 is 0 Å². The molecule has 0 amide bonds. The highest BCUT2D eigenvalue weighted by molar-refractivity contribution is 4.90. The maximum Gasteiger partial charge on any atom is 0.0586 e. The van der Waals surface area contributed by atoms with Crippen LogP contribution < -0.4 is 5.32 Å². The normalized spacial score (nSPS) is 40.4. The van der Waals surface area contributed by atoms with Crippen molar-refractivity contribution in [1.82, 2.24) is 10.2 Å². The van der Waals surface area contributed by atoms with Gasteiger partial charge in [0.05, 0.1) is 6.10 Å². The second-order valence-corrected chi connectivity index (χ2v) is 5.74. The number of hydrogen-bond acceptors (Lipinski definition) is 3. The lowest BCUT2D eigenvalue weighted by Crippen LogP contribution is -2.59. The Hall–Kier alpha value is -0.120. The van der Waals surface area contributed by atoms with E-state index in [2.05, 4.69) is 24.1 Å². The molecule has 1 saturated carbocycles. The summed E-state index contributed by atoms with van der Waals surface area (Å²) >= 11 is 0. The molecule has 1 heterocycles. The summed E-state index contributed by atoms with van der Waals surface area (Å²) in [7, 11) is 1.86. The molecule has 0 bridgehead atoms. The van der Waals surface area contributed by atoms with Crippen LogP contribution in [0, 0.1) is 0 Å². The summed E-state index contributed by atoms with van der Waals surface area (Å²) in [6, 6.07) is 2.12. The van der Waals surface area contributed by atoms with Crippen molar-refractivity contribution in [3.05, 3.63) is 0 Å². The fraction of sp³-hybridized carbons (Fsp3) is 1.00. The third-order valence-corrected chi connectivity index (χ3v) is 4.59. The molecule has 0 spiro atoms. The topological polar surface area (TPSA) is 24.5 Å². The zero-order valence-electron chi connectivity index (χ0n) is 11.6. The fourth-order valence-electron chi connectivity index (χ4n) is 3.37. The van der Waals surface area contributed by atoms with Crippen molar-refractivity contribution in [1.29, 1.82) is 0 Å². The molecule has 3 nitrogen and oxygen atoms in total. The molecule has 17 heavy (non-hydrogen) atoms. The Kier molecular flexibility index (Phi) is 4.83. The summed E-state index contributed by atoms with van der Waals surface area (Å²) in [5.74, 6) is 0. The van der Waals surface area contributed by atoms with Gasteiger partial charge in [-0.05, 0) is 39.0 Å². The van der Waals surface area contributed by atoms with Gasteiger partial charge in [0.2, 0.25) is 0 Å². The highest BCUT2D eigenvalue weighted by atomic mass is 16.5. The minimum Gasteiger partial charge on any atom is -0.381 e. The summed E-state index contributed by atoms with van der Waals surface area (Å²) < 4.78 is 5.56. The maximum atomic E-state index is 5.56. The number of methoxy groups -OCH3 is 1. The summed E-state index contributed by atoms with van der Waals surface area (Å²) in [5, 5.41) is 3.64. The molecule has 4 atom stereocenters. The van der Waals surface area contributed by atoms with E-state index in [9.17, 15) is 0 Å². The molecule has 0 aromatic carbocycles. The number of piperazine rings is 1. The van der Waals surface area contributed by atoms with Crippen molar-refractivity contribution in [3.8, 4) is 0 Å². The fourth-order valence-corrected chi connectivity index (χ4v) is 3.37. The van der Waals surface area contributed by atoms with E-state index in [0.29, 0.717) is 18.2 Å². The molecule has 2 aliphatic rings. The van der Waals surface area contributed by atoms with E-state index in [1.54, 1.807) is 0 Å². The summed E-state index contributed by atoms with van der Waals surface area (Å²) in [4.78, 5) is 2.73. The Bertz CT molecular complexity index is 234. The van der Waals surface area contributed by atoms with E-state index in [1.807, 2.05) is 7.11 Å². The van der Waals surface area contributed by atoms with Crippen molar-refractivity contribution in [3.63, 3.8) is 0 Å². The third kappa shape index (κ3) is 3.21.